The summed E-state index contributed by atoms with van der Waals surface area (Å²) in [6, 6.07) is 8.61. The Morgan fingerprint density at radius 1 is 1.22 bits per heavy atom. The number of rotatable bonds is 5. The van der Waals surface area contributed by atoms with E-state index in [1.165, 1.54) is 6.07 Å². The van der Waals surface area contributed by atoms with Crippen LogP contribution in [0.25, 0.3) is 11.1 Å². The molecule has 0 aliphatic carbocycles. The Morgan fingerprint density at radius 3 is 2.59 bits per heavy atom. The minimum Gasteiger partial charge on any atom is -0.340 e. The second-order valence-electron chi connectivity index (χ2n) is 6.95. The van der Waals surface area contributed by atoms with Crippen LogP contribution in [0.1, 0.15) is 35.6 Å². The molecule has 0 aliphatic heterocycles. The fourth-order valence-electron chi connectivity index (χ4n) is 2.88. The number of nitrogens with zero attached hydrogens (tertiary/aromatic N) is 4. The van der Waals surface area contributed by atoms with E-state index in [0.717, 1.165) is 11.3 Å². The van der Waals surface area contributed by atoms with E-state index in [4.69, 9.17) is 0 Å². The molecular weight excluding hydrogens is 343 g/mol. The lowest BCUT2D eigenvalue weighted by Crippen LogP contribution is -2.36. The van der Waals surface area contributed by atoms with Crippen LogP contribution in [0, 0.1) is 12.7 Å². The molecule has 0 saturated carbocycles. The molecule has 0 unspecified atom stereocenters. The Bertz CT molecular complexity index is 947. The predicted molar refractivity (Wildman–Crippen MR) is 103 cm³/mol. The highest BCUT2D eigenvalue weighted by Gasteiger charge is 2.21. The van der Waals surface area contributed by atoms with Crippen LogP contribution in [0.4, 0.5) is 4.39 Å². The first kappa shape index (κ1) is 18.8. The number of halogens is 1. The Kier molecular flexibility index (Phi) is 5.35. The van der Waals surface area contributed by atoms with Gasteiger partial charge in [-0.05, 0) is 44.5 Å². The van der Waals surface area contributed by atoms with Gasteiger partial charge in [-0.2, -0.15) is 0 Å². The Hall–Kier alpha value is -3.02. The van der Waals surface area contributed by atoms with E-state index in [2.05, 4.69) is 9.97 Å². The van der Waals surface area contributed by atoms with E-state index < -0.39 is 0 Å². The standard InChI is InChI=1S/C21H23FN4O/c1-14(2)26(21(27)20-12-25(4)13-24-20)11-16-6-8-19(22)18(9-16)17-7-5-15(3)23-10-17/h5-10,12-14H,11H2,1-4H3. The summed E-state index contributed by atoms with van der Waals surface area (Å²) < 4.78 is 16.1. The number of imidazole rings is 1. The molecule has 2 heterocycles. The molecule has 0 aliphatic rings. The van der Waals surface area contributed by atoms with Gasteiger partial charge in [0.1, 0.15) is 11.5 Å². The second kappa shape index (κ2) is 7.70. The van der Waals surface area contributed by atoms with Crippen molar-refractivity contribution in [1.82, 2.24) is 19.4 Å². The average Bonchev–Trinajstić information content (AvgIpc) is 3.07. The van der Waals surface area contributed by atoms with Crippen molar-refractivity contribution < 1.29 is 9.18 Å². The quantitative estimate of drug-likeness (QED) is 0.686. The van der Waals surface area contributed by atoms with Crippen LogP contribution in [0.3, 0.4) is 0 Å². The topological polar surface area (TPSA) is 51.0 Å². The molecule has 1 amide bonds. The van der Waals surface area contributed by atoms with Gasteiger partial charge in [0.25, 0.3) is 5.91 Å². The number of pyridine rings is 1. The third-order valence-electron chi connectivity index (χ3n) is 4.41. The van der Waals surface area contributed by atoms with E-state index in [1.807, 2.05) is 40.0 Å². The largest absolute Gasteiger partial charge is 0.340 e. The SMILES string of the molecule is Cc1ccc(-c2cc(CN(C(=O)c3cn(C)cn3)C(C)C)ccc2F)cn1. The van der Waals surface area contributed by atoms with Gasteiger partial charge in [-0.3, -0.25) is 9.78 Å². The Labute approximate surface area is 158 Å². The van der Waals surface area contributed by atoms with Crippen molar-refractivity contribution in [3.63, 3.8) is 0 Å². The van der Waals surface area contributed by atoms with Gasteiger partial charge in [0, 0.05) is 48.8 Å². The molecule has 0 saturated heterocycles. The van der Waals surface area contributed by atoms with Crippen LogP contribution in [-0.2, 0) is 13.6 Å². The molecule has 0 atom stereocenters. The smallest absolute Gasteiger partial charge is 0.274 e. The molecule has 0 bridgehead atoms. The first-order chi connectivity index (χ1) is 12.8. The van der Waals surface area contributed by atoms with Crippen molar-refractivity contribution in [2.45, 2.75) is 33.4 Å². The Morgan fingerprint density at radius 2 is 2.00 bits per heavy atom. The van der Waals surface area contributed by atoms with E-state index in [-0.39, 0.29) is 17.8 Å². The molecule has 0 spiro atoms. The van der Waals surface area contributed by atoms with Crippen molar-refractivity contribution in [2.24, 2.45) is 7.05 Å². The van der Waals surface area contributed by atoms with Crippen LogP contribution < -0.4 is 0 Å². The van der Waals surface area contributed by atoms with Gasteiger partial charge in [0.05, 0.1) is 6.33 Å². The van der Waals surface area contributed by atoms with Crippen molar-refractivity contribution in [3.8, 4) is 11.1 Å². The number of hydrogen-bond acceptors (Lipinski definition) is 3. The fourth-order valence-corrected chi connectivity index (χ4v) is 2.88. The molecule has 0 radical (unpaired) electrons. The van der Waals surface area contributed by atoms with E-state index >= 15 is 0 Å². The van der Waals surface area contributed by atoms with Crippen LogP contribution in [0.5, 0.6) is 0 Å². The summed E-state index contributed by atoms with van der Waals surface area (Å²) in [6.07, 6.45) is 4.97. The molecule has 2 aromatic heterocycles. The summed E-state index contributed by atoms with van der Waals surface area (Å²) in [6.45, 7) is 6.17. The first-order valence-electron chi connectivity index (χ1n) is 8.85. The van der Waals surface area contributed by atoms with Crippen LogP contribution in [0.2, 0.25) is 0 Å². The van der Waals surface area contributed by atoms with Gasteiger partial charge < -0.3 is 9.47 Å². The molecule has 0 fully saturated rings. The van der Waals surface area contributed by atoms with Gasteiger partial charge in [0.15, 0.2) is 0 Å². The van der Waals surface area contributed by atoms with E-state index in [0.29, 0.717) is 23.4 Å². The second-order valence-corrected chi connectivity index (χ2v) is 6.95. The maximum Gasteiger partial charge on any atom is 0.274 e. The summed E-state index contributed by atoms with van der Waals surface area (Å²) in [4.78, 5) is 23.0. The number of amides is 1. The highest BCUT2D eigenvalue weighted by molar-refractivity contribution is 5.92. The van der Waals surface area contributed by atoms with Crippen LogP contribution in [-0.4, -0.2) is 31.4 Å². The summed E-state index contributed by atoms with van der Waals surface area (Å²) in [5.41, 5.74) is 3.32. The third kappa shape index (κ3) is 4.22. The Balaban J connectivity index is 1.89. The van der Waals surface area contributed by atoms with Crippen molar-refractivity contribution in [1.29, 1.82) is 0 Å². The van der Waals surface area contributed by atoms with E-state index in [9.17, 15) is 9.18 Å². The summed E-state index contributed by atoms with van der Waals surface area (Å²) >= 11 is 0. The fraction of sp³-hybridized carbons (Fsp3) is 0.286. The van der Waals surface area contributed by atoms with Gasteiger partial charge in [-0.15, -0.1) is 0 Å². The number of hydrogen-bond donors (Lipinski definition) is 0. The lowest BCUT2D eigenvalue weighted by atomic mass is 10.0. The maximum atomic E-state index is 14.4. The third-order valence-corrected chi connectivity index (χ3v) is 4.41. The molecule has 0 N–H and O–H groups in total. The minimum absolute atomic E-state index is 0.0194. The molecule has 5 nitrogen and oxygen atoms in total. The van der Waals surface area contributed by atoms with Crippen molar-refractivity contribution in [2.75, 3.05) is 0 Å². The monoisotopic (exact) mass is 366 g/mol. The molecule has 6 heteroatoms. The molecule has 140 valence electrons. The lowest BCUT2D eigenvalue weighted by molar-refractivity contribution is 0.0684. The lowest BCUT2D eigenvalue weighted by Gasteiger charge is -2.26. The maximum absolute atomic E-state index is 14.4. The van der Waals surface area contributed by atoms with Gasteiger partial charge in [-0.25, -0.2) is 9.37 Å². The highest BCUT2D eigenvalue weighted by atomic mass is 19.1. The summed E-state index contributed by atoms with van der Waals surface area (Å²) in [7, 11) is 1.82. The van der Waals surface area contributed by atoms with Crippen LogP contribution in [0.15, 0.2) is 49.1 Å². The first-order valence-corrected chi connectivity index (χ1v) is 8.85. The minimum atomic E-state index is -0.309. The van der Waals surface area contributed by atoms with Crippen molar-refractivity contribution >= 4 is 5.91 Å². The summed E-state index contributed by atoms with van der Waals surface area (Å²) in [5.74, 6) is -0.454. The number of carbonyl (C=O) groups is 1. The zero-order valence-corrected chi connectivity index (χ0v) is 16.0. The number of carbonyl (C=O) groups excluding carboxylic acids is 1. The van der Waals surface area contributed by atoms with Crippen molar-refractivity contribution in [3.05, 3.63) is 71.8 Å². The number of aryl methyl sites for hydroxylation is 2. The van der Waals surface area contributed by atoms with Gasteiger partial charge >= 0.3 is 0 Å². The summed E-state index contributed by atoms with van der Waals surface area (Å²) in [5, 5.41) is 0. The van der Waals surface area contributed by atoms with Crippen LogP contribution >= 0.6 is 0 Å². The normalized spacial score (nSPS) is 11.0. The van der Waals surface area contributed by atoms with Gasteiger partial charge in [-0.1, -0.05) is 12.1 Å². The molecular formula is C21H23FN4O. The number of aromatic nitrogens is 3. The van der Waals surface area contributed by atoms with Gasteiger partial charge in [0.2, 0.25) is 0 Å². The predicted octanol–water partition coefficient (Wildman–Crippen LogP) is 3.98. The van der Waals surface area contributed by atoms with E-state index in [1.54, 1.807) is 40.3 Å². The zero-order valence-electron chi connectivity index (χ0n) is 16.0. The zero-order chi connectivity index (χ0) is 19.6. The highest BCUT2D eigenvalue weighted by Crippen LogP contribution is 2.25. The molecule has 27 heavy (non-hydrogen) atoms. The molecule has 1 aromatic carbocycles. The molecule has 3 rings (SSSR count). The number of benzene rings is 1. The molecule has 3 aromatic rings. The average molecular weight is 366 g/mol.